The summed E-state index contributed by atoms with van der Waals surface area (Å²) in [4.78, 5) is 26.1. The molecule has 3 aromatic carbocycles. The van der Waals surface area contributed by atoms with Crippen molar-refractivity contribution >= 4 is 38.2 Å². The third-order valence-electron chi connectivity index (χ3n) is 4.65. The number of hydrogen-bond acceptors (Lipinski definition) is 3. The Morgan fingerprint density at radius 1 is 1.03 bits per heavy atom. The van der Waals surface area contributed by atoms with Gasteiger partial charge in [-0.25, -0.2) is 8.60 Å². The van der Waals surface area contributed by atoms with Crippen LogP contribution in [0, 0.1) is 12.7 Å². The summed E-state index contributed by atoms with van der Waals surface area (Å²) in [6, 6.07) is 18.3. The number of carbonyl (C=O) groups is 2. The van der Waals surface area contributed by atoms with E-state index in [4.69, 9.17) is 10.7 Å². The number of halogens is 2. The number of aryl methyl sites for hydroxylation is 1. The summed E-state index contributed by atoms with van der Waals surface area (Å²) in [7, 11) is 3.96. The monoisotopic (exact) mass is 458 g/mol. The van der Waals surface area contributed by atoms with E-state index in [0.717, 1.165) is 5.56 Å². The van der Waals surface area contributed by atoms with E-state index >= 15 is 0 Å². The second-order valence-electron chi connectivity index (χ2n) is 6.91. The van der Waals surface area contributed by atoms with Crippen LogP contribution < -0.4 is 10.6 Å². The molecule has 0 radical (unpaired) electrons. The first kappa shape index (κ1) is 22.7. The molecule has 31 heavy (non-hydrogen) atoms. The van der Waals surface area contributed by atoms with Gasteiger partial charge in [0.1, 0.15) is 21.9 Å². The number of rotatable bonds is 7. The quantitative estimate of drug-likeness (QED) is 0.516. The van der Waals surface area contributed by atoms with Gasteiger partial charge in [-0.1, -0.05) is 30.3 Å². The molecule has 0 aliphatic heterocycles. The van der Waals surface area contributed by atoms with Crippen molar-refractivity contribution in [3.8, 4) is 0 Å². The Balaban J connectivity index is 1.81. The molecule has 2 amide bonds. The van der Waals surface area contributed by atoms with Crippen LogP contribution in [-0.4, -0.2) is 22.1 Å². The van der Waals surface area contributed by atoms with Gasteiger partial charge in [-0.2, -0.15) is 0 Å². The molecule has 160 valence electrons. The predicted molar refractivity (Wildman–Crippen MR) is 120 cm³/mol. The minimum absolute atomic E-state index is 0.248. The molecule has 3 rings (SSSR count). The Bertz CT molecular complexity index is 1110. The lowest BCUT2D eigenvalue weighted by atomic mass is 10.0. The molecule has 5 nitrogen and oxygen atoms in total. The van der Waals surface area contributed by atoms with E-state index in [-0.39, 0.29) is 12.0 Å². The Kier molecular flexibility index (Phi) is 7.55. The largest absolute Gasteiger partial charge is 0.340 e. The average Bonchev–Trinajstić information content (AvgIpc) is 2.75. The van der Waals surface area contributed by atoms with Crippen LogP contribution in [0.15, 0.2) is 77.7 Å². The molecular formula is C23H20ClFN2O3S. The summed E-state index contributed by atoms with van der Waals surface area (Å²) < 4.78 is 24.6. The van der Waals surface area contributed by atoms with E-state index in [1.807, 2.05) is 30.3 Å². The molecule has 0 bridgehead atoms. The lowest BCUT2D eigenvalue weighted by molar-refractivity contribution is -0.118. The molecule has 0 heterocycles. The van der Waals surface area contributed by atoms with Crippen LogP contribution in [0.25, 0.3) is 0 Å². The van der Waals surface area contributed by atoms with Crippen molar-refractivity contribution in [1.29, 1.82) is 0 Å². The summed E-state index contributed by atoms with van der Waals surface area (Å²) >= 11 is 0. The maximum atomic E-state index is 13.2. The topological polar surface area (TPSA) is 75.3 Å². The number of nitrogens with one attached hydrogen (secondary N) is 2. The van der Waals surface area contributed by atoms with Gasteiger partial charge in [-0.05, 0) is 71.2 Å². The first-order valence-electron chi connectivity index (χ1n) is 9.43. The second kappa shape index (κ2) is 10.3. The van der Waals surface area contributed by atoms with Gasteiger partial charge in [0.05, 0.1) is 4.90 Å². The lowest BCUT2D eigenvalue weighted by Gasteiger charge is -2.20. The highest BCUT2D eigenvalue weighted by atomic mass is 35.7. The highest BCUT2D eigenvalue weighted by Crippen LogP contribution is 2.20. The third kappa shape index (κ3) is 6.23. The Hall–Kier alpha value is -3.03. The van der Waals surface area contributed by atoms with E-state index < -0.39 is 33.7 Å². The van der Waals surface area contributed by atoms with Gasteiger partial charge in [-0.3, -0.25) is 9.59 Å². The highest BCUT2D eigenvalue weighted by Gasteiger charge is 2.23. The molecular weight excluding hydrogens is 439 g/mol. The molecule has 2 N–H and O–H groups in total. The van der Waals surface area contributed by atoms with E-state index in [9.17, 15) is 18.2 Å². The zero-order chi connectivity index (χ0) is 22.4. The normalized spacial score (nSPS) is 12.6. The molecule has 8 heteroatoms. The van der Waals surface area contributed by atoms with Gasteiger partial charge in [0.25, 0.3) is 5.91 Å². The van der Waals surface area contributed by atoms with Crippen molar-refractivity contribution in [2.45, 2.75) is 24.3 Å². The van der Waals surface area contributed by atoms with E-state index in [1.54, 1.807) is 25.1 Å². The minimum Gasteiger partial charge on any atom is -0.340 e. The third-order valence-corrected chi connectivity index (χ3v) is 5.81. The zero-order valence-corrected chi connectivity index (χ0v) is 18.2. The number of anilines is 1. The van der Waals surface area contributed by atoms with Crippen molar-refractivity contribution in [2.75, 3.05) is 5.32 Å². The summed E-state index contributed by atoms with van der Waals surface area (Å²) in [6.45, 7) is 1.76. The molecule has 0 saturated carbocycles. The maximum Gasteiger partial charge on any atom is 0.251 e. The SMILES string of the molecule is Cc1cc(S(=O)Cl)ccc1NC(=O)C(Cc1ccccc1)NC(=O)c1ccc(F)cc1. The zero-order valence-electron chi connectivity index (χ0n) is 16.6. The molecule has 0 aliphatic carbocycles. The summed E-state index contributed by atoms with van der Waals surface area (Å²) in [5.74, 6) is -1.35. The number of amides is 2. The van der Waals surface area contributed by atoms with Crippen LogP contribution in [0.1, 0.15) is 21.5 Å². The maximum absolute atomic E-state index is 13.2. The molecule has 0 aliphatic rings. The van der Waals surface area contributed by atoms with E-state index in [2.05, 4.69) is 10.6 Å². The summed E-state index contributed by atoms with van der Waals surface area (Å²) in [5.41, 5.74) is 2.32. The Morgan fingerprint density at radius 2 is 1.71 bits per heavy atom. The predicted octanol–water partition coefficient (Wildman–Crippen LogP) is 4.38. The van der Waals surface area contributed by atoms with Crippen molar-refractivity contribution in [1.82, 2.24) is 5.32 Å². The second-order valence-corrected chi connectivity index (χ2v) is 8.67. The number of hydrogen-bond donors (Lipinski definition) is 2. The van der Waals surface area contributed by atoms with Crippen LogP contribution >= 0.6 is 10.7 Å². The fourth-order valence-corrected chi connectivity index (χ4v) is 3.73. The van der Waals surface area contributed by atoms with Crippen LogP contribution in [0.5, 0.6) is 0 Å². The summed E-state index contributed by atoms with van der Waals surface area (Å²) in [6.07, 6.45) is 0.266. The summed E-state index contributed by atoms with van der Waals surface area (Å²) in [5, 5.41) is 5.53. The smallest absolute Gasteiger partial charge is 0.251 e. The molecule has 0 aromatic heterocycles. The molecule has 2 unspecified atom stereocenters. The fraction of sp³-hybridized carbons (Fsp3) is 0.130. The molecule has 2 atom stereocenters. The van der Waals surface area contributed by atoms with Crippen LogP contribution in [0.3, 0.4) is 0 Å². The average molecular weight is 459 g/mol. The molecule has 3 aromatic rings. The fourth-order valence-electron chi connectivity index (χ4n) is 3.00. The molecule has 0 saturated heterocycles. The Morgan fingerprint density at radius 3 is 2.32 bits per heavy atom. The van der Waals surface area contributed by atoms with Gasteiger partial charge in [0.15, 0.2) is 0 Å². The molecule has 0 spiro atoms. The lowest BCUT2D eigenvalue weighted by Crippen LogP contribution is -2.45. The van der Waals surface area contributed by atoms with Gasteiger partial charge in [0, 0.05) is 17.7 Å². The minimum atomic E-state index is -1.65. The van der Waals surface area contributed by atoms with Crippen molar-refractivity contribution < 1.29 is 18.2 Å². The van der Waals surface area contributed by atoms with Crippen molar-refractivity contribution in [3.63, 3.8) is 0 Å². The van der Waals surface area contributed by atoms with Crippen molar-refractivity contribution in [3.05, 3.63) is 95.3 Å². The van der Waals surface area contributed by atoms with Crippen molar-refractivity contribution in [2.24, 2.45) is 0 Å². The van der Waals surface area contributed by atoms with Gasteiger partial charge in [0.2, 0.25) is 5.91 Å². The van der Waals surface area contributed by atoms with Gasteiger partial charge >= 0.3 is 0 Å². The van der Waals surface area contributed by atoms with E-state index in [0.29, 0.717) is 16.1 Å². The number of benzene rings is 3. The molecule has 0 fully saturated rings. The number of carbonyl (C=O) groups excluding carboxylic acids is 2. The van der Waals surface area contributed by atoms with Crippen LogP contribution in [-0.2, 0) is 21.2 Å². The first-order chi connectivity index (χ1) is 14.8. The highest BCUT2D eigenvalue weighted by molar-refractivity contribution is 8.08. The van der Waals surface area contributed by atoms with E-state index in [1.165, 1.54) is 24.3 Å². The Labute approximate surface area is 186 Å². The standard InChI is InChI=1S/C23H20ClFN2O3S/c1-15-13-19(31(24)30)11-12-20(15)26-23(29)21(14-16-5-3-2-4-6-16)27-22(28)17-7-9-18(25)10-8-17/h2-13,21H,14H2,1H3,(H,26,29)(H,27,28). The first-order valence-corrected chi connectivity index (χ1v) is 11.4. The van der Waals surface area contributed by atoms with Gasteiger partial charge < -0.3 is 10.6 Å². The van der Waals surface area contributed by atoms with Gasteiger partial charge in [-0.15, -0.1) is 0 Å². The van der Waals surface area contributed by atoms with Crippen LogP contribution in [0.4, 0.5) is 10.1 Å². The van der Waals surface area contributed by atoms with Crippen LogP contribution in [0.2, 0.25) is 0 Å².